The molecule has 0 aliphatic carbocycles. The molecule has 0 saturated carbocycles. The molecule has 1 aromatic rings. The number of methoxy groups -OCH3 is 2. The summed E-state index contributed by atoms with van der Waals surface area (Å²) in [5.41, 5.74) is 0.728. The number of ether oxygens (including phenoxy) is 2. The molecule has 0 fully saturated rings. The summed E-state index contributed by atoms with van der Waals surface area (Å²) in [6.45, 7) is 4.26. The molecule has 0 unspecified atom stereocenters. The summed E-state index contributed by atoms with van der Waals surface area (Å²) in [6.07, 6.45) is 0. The molecule has 7 heteroatoms. The molecular formula is C14H22ClNO4S. The van der Waals surface area contributed by atoms with Crippen LogP contribution in [0.5, 0.6) is 5.75 Å². The highest BCUT2D eigenvalue weighted by Gasteiger charge is 2.29. The largest absolute Gasteiger partial charge is 0.495 e. The third-order valence-electron chi connectivity index (χ3n) is 3.06. The molecule has 120 valence electrons. The fourth-order valence-corrected chi connectivity index (χ4v) is 3.96. The zero-order valence-corrected chi connectivity index (χ0v) is 14.4. The van der Waals surface area contributed by atoms with Crippen molar-refractivity contribution < 1.29 is 17.9 Å². The van der Waals surface area contributed by atoms with Crippen LogP contribution in [0.1, 0.15) is 19.4 Å². The van der Waals surface area contributed by atoms with Gasteiger partial charge in [0.25, 0.3) is 0 Å². The summed E-state index contributed by atoms with van der Waals surface area (Å²) >= 11 is 5.80. The van der Waals surface area contributed by atoms with E-state index in [2.05, 4.69) is 0 Å². The first-order chi connectivity index (χ1) is 9.88. The molecule has 0 N–H and O–H groups in total. The second-order valence-corrected chi connectivity index (χ2v) is 6.95. The van der Waals surface area contributed by atoms with E-state index in [1.54, 1.807) is 25.3 Å². The maximum Gasteiger partial charge on any atom is 0.247 e. The number of hydrogen-bond donors (Lipinski definition) is 0. The molecule has 1 rings (SSSR count). The lowest BCUT2D eigenvalue weighted by Gasteiger charge is -2.26. The molecule has 5 nitrogen and oxygen atoms in total. The van der Waals surface area contributed by atoms with Gasteiger partial charge in [0.1, 0.15) is 10.6 Å². The van der Waals surface area contributed by atoms with Crippen molar-refractivity contribution in [2.24, 2.45) is 0 Å². The predicted octanol–water partition coefficient (Wildman–Crippen LogP) is 2.48. The van der Waals surface area contributed by atoms with Crippen LogP contribution in [-0.4, -0.2) is 46.1 Å². The molecule has 0 aliphatic heterocycles. The number of nitrogens with zero attached hydrogens (tertiary/aromatic N) is 1. The first-order valence-corrected chi connectivity index (χ1v) is 8.59. The quantitative estimate of drug-likeness (QED) is 0.685. The molecule has 0 atom stereocenters. The molecule has 0 bridgehead atoms. The summed E-state index contributed by atoms with van der Waals surface area (Å²) in [7, 11) is -0.689. The van der Waals surface area contributed by atoms with Crippen molar-refractivity contribution in [1.82, 2.24) is 4.31 Å². The fraction of sp³-hybridized carbons (Fsp3) is 0.571. The van der Waals surface area contributed by atoms with E-state index in [1.807, 2.05) is 13.8 Å². The minimum Gasteiger partial charge on any atom is -0.495 e. The van der Waals surface area contributed by atoms with Gasteiger partial charge in [-0.1, -0.05) is 6.07 Å². The summed E-state index contributed by atoms with van der Waals surface area (Å²) in [5, 5.41) is 0. The van der Waals surface area contributed by atoms with E-state index in [9.17, 15) is 8.42 Å². The van der Waals surface area contributed by atoms with Crippen molar-refractivity contribution in [1.29, 1.82) is 0 Å². The Morgan fingerprint density at radius 3 is 2.43 bits per heavy atom. The molecule has 0 aliphatic rings. The average Bonchev–Trinajstić information content (AvgIpc) is 2.46. The minimum absolute atomic E-state index is 0.132. The second-order valence-electron chi connectivity index (χ2n) is 4.82. The van der Waals surface area contributed by atoms with Gasteiger partial charge < -0.3 is 9.47 Å². The van der Waals surface area contributed by atoms with Gasteiger partial charge in [-0.2, -0.15) is 4.31 Å². The molecular weight excluding hydrogens is 314 g/mol. The number of rotatable bonds is 8. The maximum atomic E-state index is 12.9. The number of sulfonamides is 1. The molecule has 0 heterocycles. The Morgan fingerprint density at radius 2 is 1.95 bits per heavy atom. The molecule has 0 aromatic heterocycles. The Labute approximate surface area is 131 Å². The highest BCUT2D eigenvalue weighted by atomic mass is 35.5. The molecule has 0 spiro atoms. The van der Waals surface area contributed by atoms with Gasteiger partial charge in [0.05, 0.1) is 13.7 Å². The third kappa shape index (κ3) is 4.32. The van der Waals surface area contributed by atoms with Crippen molar-refractivity contribution in [3.8, 4) is 5.75 Å². The van der Waals surface area contributed by atoms with Gasteiger partial charge in [-0.05, 0) is 31.5 Å². The van der Waals surface area contributed by atoms with E-state index in [-0.39, 0.29) is 23.4 Å². The van der Waals surface area contributed by atoms with Gasteiger partial charge in [0.2, 0.25) is 10.0 Å². The second kappa shape index (κ2) is 7.98. The lowest BCUT2D eigenvalue weighted by Crippen LogP contribution is -2.39. The maximum absolute atomic E-state index is 12.9. The summed E-state index contributed by atoms with van der Waals surface area (Å²) < 4.78 is 37.3. The SMILES string of the molecule is COCCN(C(C)C)S(=O)(=O)c1cc(CCl)ccc1OC. The summed E-state index contributed by atoms with van der Waals surface area (Å²) in [5.74, 6) is 0.554. The molecule has 0 radical (unpaired) electrons. The fourth-order valence-electron chi connectivity index (χ4n) is 1.97. The number of alkyl halides is 1. The molecule has 21 heavy (non-hydrogen) atoms. The van der Waals surface area contributed by atoms with Crippen LogP contribution in [-0.2, 0) is 20.6 Å². The van der Waals surface area contributed by atoms with Crippen molar-refractivity contribution >= 4 is 21.6 Å². The van der Waals surface area contributed by atoms with Gasteiger partial charge in [0, 0.05) is 25.6 Å². The van der Waals surface area contributed by atoms with Crippen LogP contribution in [0, 0.1) is 0 Å². The number of halogens is 1. The number of hydrogen-bond acceptors (Lipinski definition) is 4. The van der Waals surface area contributed by atoms with Crippen molar-refractivity contribution in [3.05, 3.63) is 23.8 Å². The van der Waals surface area contributed by atoms with E-state index in [4.69, 9.17) is 21.1 Å². The van der Waals surface area contributed by atoms with Crippen LogP contribution in [0.25, 0.3) is 0 Å². The highest BCUT2D eigenvalue weighted by Crippen LogP contribution is 2.29. The average molecular weight is 336 g/mol. The van der Waals surface area contributed by atoms with Crippen LogP contribution in [0.2, 0.25) is 0 Å². The smallest absolute Gasteiger partial charge is 0.247 e. The Morgan fingerprint density at radius 1 is 1.29 bits per heavy atom. The standard InChI is InChI=1S/C14H22ClNO4S/c1-11(2)16(7-8-19-3)21(17,18)14-9-12(10-15)5-6-13(14)20-4/h5-6,9,11H,7-8,10H2,1-4H3. The van der Waals surface area contributed by atoms with Gasteiger partial charge in [-0.3, -0.25) is 0 Å². The van der Waals surface area contributed by atoms with Crippen LogP contribution >= 0.6 is 11.6 Å². The summed E-state index contributed by atoms with van der Waals surface area (Å²) in [4.78, 5) is 0.132. The first-order valence-electron chi connectivity index (χ1n) is 6.62. The third-order valence-corrected chi connectivity index (χ3v) is 5.47. The lowest BCUT2D eigenvalue weighted by atomic mass is 10.2. The lowest BCUT2D eigenvalue weighted by molar-refractivity contribution is 0.170. The van der Waals surface area contributed by atoms with Crippen LogP contribution in [0.15, 0.2) is 23.1 Å². The minimum atomic E-state index is -3.68. The van der Waals surface area contributed by atoms with Crippen molar-refractivity contribution in [2.75, 3.05) is 27.4 Å². The highest BCUT2D eigenvalue weighted by molar-refractivity contribution is 7.89. The zero-order valence-electron chi connectivity index (χ0n) is 12.8. The monoisotopic (exact) mass is 335 g/mol. The normalized spacial score (nSPS) is 12.1. The summed E-state index contributed by atoms with van der Waals surface area (Å²) in [6, 6.07) is 4.75. The Hall–Kier alpha value is -0.820. The Bertz CT molecular complexity index is 560. The van der Waals surface area contributed by atoms with Gasteiger partial charge in [-0.15, -0.1) is 11.6 Å². The van der Waals surface area contributed by atoms with E-state index >= 15 is 0 Å². The van der Waals surface area contributed by atoms with E-state index < -0.39 is 10.0 Å². The first kappa shape index (κ1) is 18.2. The Kier molecular flexibility index (Phi) is 6.93. The van der Waals surface area contributed by atoms with Crippen LogP contribution in [0.4, 0.5) is 0 Å². The van der Waals surface area contributed by atoms with Crippen LogP contribution < -0.4 is 4.74 Å². The molecule has 0 saturated heterocycles. The van der Waals surface area contributed by atoms with Gasteiger partial charge >= 0.3 is 0 Å². The zero-order chi connectivity index (χ0) is 16.0. The Balaban J connectivity index is 3.32. The van der Waals surface area contributed by atoms with Crippen LogP contribution in [0.3, 0.4) is 0 Å². The van der Waals surface area contributed by atoms with Crippen molar-refractivity contribution in [2.45, 2.75) is 30.7 Å². The van der Waals surface area contributed by atoms with E-state index in [1.165, 1.54) is 11.4 Å². The van der Waals surface area contributed by atoms with Gasteiger partial charge in [-0.25, -0.2) is 8.42 Å². The van der Waals surface area contributed by atoms with Crippen molar-refractivity contribution in [3.63, 3.8) is 0 Å². The topological polar surface area (TPSA) is 55.8 Å². The van der Waals surface area contributed by atoms with Gasteiger partial charge in [0.15, 0.2) is 0 Å². The molecule has 0 amide bonds. The van der Waals surface area contributed by atoms with E-state index in [0.29, 0.717) is 12.4 Å². The molecule has 1 aromatic carbocycles. The van der Waals surface area contributed by atoms with E-state index in [0.717, 1.165) is 5.56 Å². The predicted molar refractivity (Wildman–Crippen MR) is 83.5 cm³/mol. The number of benzene rings is 1.